The molecule has 3 aliphatic rings. The number of benzene rings is 2. The van der Waals surface area contributed by atoms with E-state index in [4.69, 9.17) is 4.74 Å². The number of hydrogen-bond acceptors (Lipinski definition) is 7. The van der Waals surface area contributed by atoms with Crippen molar-refractivity contribution in [3.8, 4) is 17.2 Å². The van der Waals surface area contributed by atoms with Crippen molar-refractivity contribution in [3.05, 3.63) is 84.1 Å². The minimum atomic E-state index is -0.345. The number of rotatable bonds is 7. The van der Waals surface area contributed by atoms with Crippen LogP contribution in [0.2, 0.25) is 0 Å². The number of fused-ring (bicyclic) bond motifs is 1. The molecule has 7 rings (SSSR count). The summed E-state index contributed by atoms with van der Waals surface area (Å²) in [5.74, 6) is 2.51. The highest BCUT2D eigenvalue weighted by Crippen LogP contribution is 2.44. The zero-order valence-electron chi connectivity index (χ0n) is 23.9. The number of nitrogens with zero attached hydrogens (tertiary/aromatic N) is 6. The summed E-state index contributed by atoms with van der Waals surface area (Å²) in [6.45, 7) is 8.78. The van der Waals surface area contributed by atoms with Gasteiger partial charge in [-0.15, -0.1) is 0 Å². The van der Waals surface area contributed by atoms with Gasteiger partial charge >= 0.3 is 0 Å². The number of halogens is 1. The molecule has 0 aliphatic carbocycles. The number of carbonyl (C=O) groups is 1. The molecule has 0 radical (unpaired) electrons. The van der Waals surface area contributed by atoms with Gasteiger partial charge < -0.3 is 15.0 Å². The van der Waals surface area contributed by atoms with Crippen LogP contribution in [0.4, 0.5) is 15.9 Å². The number of ether oxygens (including phenoxy) is 1. The maximum Gasteiger partial charge on any atom is 0.228 e. The van der Waals surface area contributed by atoms with Crippen LogP contribution < -0.4 is 15.0 Å². The number of imidazole rings is 1. The minimum absolute atomic E-state index is 0.0686. The Morgan fingerprint density at radius 1 is 1.07 bits per heavy atom. The molecule has 2 aromatic heterocycles. The number of amides is 1. The minimum Gasteiger partial charge on any atom is -0.450 e. The largest absolute Gasteiger partial charge is 0.450 e. The van der Waals surface area contributed by atoms with Crippen LogP contribution in [-0.4, -0.2) is 56.5 Å². The van der Waals surface area contributed by atoms with E-state index >= 15 is 0 Å². The molecule has 1 N–H and O–H groups in total. The van der Waals surface area contributed by atoms with Crippen LogP contribution in [0.5, 0.6) is 11.5 Å². The molecule has 10 heteroatoms. The average molecular weight is 568 g/mol. The molecule has 1 atom stereocenters. The van der Waals surface area contributed by atoms with Crippen LogP contribution in [0.25, 0.3) is 5.69 Å². The summed E-state index contributed by atoms with van der Waals surface area (Å²) in [5.41, 5.74) is 4.02. The van der Waals surface area contributed by atoms with Crippen molar-refractivity contribution in [1.29, 1.82) is 0 Å². The number of anilines is 2. The Morgan fingerprint density at radius 3 is 2.83 bits per heavy atom. The van der Waals surface area contributed by atoms with Gasteiger partial charge in [0.1, 0.15) is 18.0 Å². The van der Waals surface area contributed by atoms with Gasteiger partial charge in [-0.2, -0.15) is 0 Å². The molecule has 5 heterocycles. The first-order valence-corrected chi connectivity index (χ1v) is 14.6. The Morgan fingerprint density at radius 2 is 1.95 bits per heavy atom. The van der Waals surface area contributed by atoms with Gasteiger partial charge in [0, 0.05) is 61.7 Å². The second-order valence-electron chi connectivity index (χ2n) is 12.1. The van der Waals surface area contributed by atoms with Crippen molar-refractivity contribution < 1.29 is 13.9 Å². The summed E-state index contributed by atoms with van der Waals surface area (Å²) in [6.07, 6.45) is 9.45. The van der Waals surface area contributed by atoms with Crippen LogP contribution in [-0.2, 0) is 17.8 Å². The van der Waals surface area contributed by atoms with Gasteiger partial charge in [-0.05, 0) is 48.7 Å². The maximum atomic E-state index is 14.4. The van der Waals surface area contributed by atoms with Crippen molar-refractivity contribution in [3.63, 3.8) is 0 Å². The van der Waals surface area contributed by atoms with Gasteiger partial charge in [0.15, 0.2) is 17.3 Å². The Labute approximate surface area is 244 Å². The topological polar surface area (TPSA) is 88.4 Å². The first kappa shape index (κ1) is 26.6. The molecule has 2 fully saturated rings. The van der Waals surface area contributed by atoms with E-state index in [9.17, 15) is 9.18 Å². The molecule has 2 aromatic carbocycles. The van der Waals surface area contributed by atoms with E-state index in [0.29, 0.717) is 23.6 Å². The van der Waals surface area contributed by atoms with Crippen LogP contribution in [0.3, 0.4) is 0 Å². The van der Waals surface area contributed by atoms with Crippen LogP contribution in [0.15, 0.2) is 61.3 Å². The van der Waals surface area contributed by atoms with Gasteiger partial charge in [0.25, 0.3) is 0 Å². The average Bonchev–Trinajstić information content (AvgIpc) is 3.77. The SMILES string of the molecule is CC(C)c1nccn1-c1cc(F)ccc1Oc1cncnc1N1CCC2(CCN(Cc3ccc4c(c3)NC(=O)C4)C2)C1. The fourth-order valence-electron chi connectivity index (χ4n) is 6.68. The second-order valence-corrected chi connectivity index (χ2v) is 12.1. The lowest BCUT2D eigenvalue weighted by Gasteiger charge is -2.26. The standard InChI is InChI=1S/C32H34FN7O2/c1-21(2)30-35-9-12-40(30)26-15-24(33)5-6-27(26)42-28-16-34-20-36-31(28)39-11-8-32(19-39)7-10-38(18-32)17-22-3-4-23-14-29(41)37-25(23)13-22/h3-6,9,12-13,15-16,20-21H,7-8,10-11,14,17-19H2,1-2H3,(H,37,41). The van der Waals surface area contributed by atoms with Gasteiger partial charge in [-0.3, -0.25) is 14.3 Å². The van der Waals surface area contributed by atoms with Crippen molar-refractivity contribution in [2.45, 2.75) is 45.6 Å². The summed E-state index contributed by atoms with van der Waals surface area (Å²) in [5, 5.41) is 2.97. The molecule has 4 aromatic rings. The highest BCUT2D eigenvalue weighted by molar-refractivity contribution is 5.99. The molecular formula is C32H34FN7O2. The van der Waals surface area contributed by atoms with Crippen molar-refractivity contribution in [1.82, 2.24) is 24.4 Å². The third-order valence-corrected chi connectivity index (χ3v) is 8.71. The lowest BCUT2D eigenvalue weighted by molar-refractivity contribution is -0.115. The summed E-state index contributed by atoms with van der Waals surface area (Å²) in [4.78, 5) is 29.9. The van der Waals surface area contributed by atoms with E-state index in [1.165, 1.54) is 17.7 Å². The van der Waals surface area contributed by atoms with Crippen molar-refractivity contribution in [2.24, 2.45) is 5.41 Å². The molecule has 2 saturated heterocycles. The van der Waals surface area contributed by atoms with E-state index in [1.807, 2.05) is 10.8 Å². The third-order valence-electron chi connectivity index (χ3n) is 8.71. The maximum absolute atomic E-state index is 14.4. The predicted octanol–water partition coefficient (Wildman–Crippen LogP) is 5.31. The summed E-state index contributed by atoms with van der Waals surface area (Å²) in [6, 6.07) is 10.9. The summed E-state index contributed by atoms with van der Waals surface area (Å²) < 4.78 is 22.7. The number of aromatic nitrogens is 4. The first-order valence-electron chi connectivity index (χ1n) is 14.6. The van der Waals surface area contributed by atoms with Gasteiger partial charge in [-0.1, -0.05) is 26.0 Å². The quantitative estimate of drug-likeness (QED) is 0.324. The normalized spacial score (nSPS) is 20.1. The van der Waals surface area contributed by atoms with Crippen molar-refractivity contribution in [2.75, 3.05) is 36.4 Å². The molecule has 1 unspecified atom stereocenters. The number of nitrogens with one attached hydrogen (secondary N) is 1. The van der Waals surface area contributed by atoms with E-state index in [2.05, 4.69) is 62.1 Å². The smallest absolute Gasteiger partial charge is 0.228 e. The molecule has 42 heavy (non-hydrogen) atoms. The predicted molar refractivity (Wildman–Crippen MR) is 158 cm³/mol. The number of carbonyl (C=O) groups excluding carboxylic acids is 1. The first-order chi connectivity index (χ1) is 20.4. The molecule has 1 spiro atoms. The van der Waals surface area contributed by atoms with E-state index < -0.39 is 0 Å². The van der Waals surface area contributed by atoms with Crippen LogP contribution in [0.1, 0.15) is 49.6 Å². The Hall–Kier alpha value is -4.31. The van der Waals surface area contributed by atoms with Gasteiger partial charge in [0.05, 0.1) is 18.3 Å². The van der Waals surface area contributed by atoms with E-state index in [0.717, 1.165) is 68.5 Å². The number of likely N-dealkylation sites (tertiary alicyclic amines) is 1. The Balaban J connectivity index is 1.08. The van der Waals surface area contributed by atoms with Crippen LogP contribution >= 0.6 is 0 Å². The Kier molecular flexibility index (Phi) is 6.65. The Bertz CT molecular complexity index is 1650. The van der Waals surface area contributed by atoms with Crippen LogP contribution in [0, 0.1) is 11.2 Å². The lowest BCUT2D eigenvalue weighted by atomic mass is 9.86. The van der Waals surface area contributed by atoms with E-state index in [-0.39, 0.29) is 23.1 Å². The molecule has 1 amide bonds. The fourth-order valence-corrected chi connectivity index (χ4v) is 6.68. The highest BCUT2D eigenvalue weighted by Gasteiger charge is 2.44. The monoisotopic (exact) mass is 567 g/mol. The highest BCUT2D eigenvalue weighted by atomic mass is 19.1. The van der Waals surface area contributed by atoms with Gasteiger partial charge in [-0.25, -0.2) is 19.3 Å². The molecule has 9 nitrogen and oxygen atoms in total. The fraction of sp³-hybridized carbons (Fsp3) is 0.375. The van der Waals surface area contributed by atoms with Gasteiger partial charge in [0.2, 0.25) is 5.91 Å². The lowest BCUT2D eigenvalue weighted by Crippen LogP contribution is -2.31. The molecule has 0 bridgehead atoms. The summed E-state index contributed by atoms with van der Waals surface area (Å²) >= 11 is 0. The molecule has 3 aliphatic heterocycles. The third kappa shape index (κ3) is 5.00. The molecule has 0 saturated carbocycles. The van der Waals surface area contributed by atoms with Crippen molar-refractivity contribution >= 4 is 17.4 Å². The number of hydrogen-bond donors (Lipinski definition) is 1. The zero-order chi connectivity index (χ0) is 28.8. The second kappa shape index (κ2) is 10.5. The summed E-state index contributed by atoms with van der Waals surface area (Å²) in [7, 11) is 0. The molecular weight excluding hydrogens is 533 g/mol. The van der Waals surface area contributed by atoms with E-state index in [1.54, 1.807) is 24.8 Å². The molecule has 216 valence electrons. The zero-order valence-corrected chi connectivity index (χ0v) is 23.9.